The molecule has 1 aromatic carbocycles. The smallest absolute Gasteiger partial charge is 0.253 e. The van der Waals surface area contributed by atoms with Crippen molar-refractivity contribution in [3.8, 4) is 0 Å². The highest BCUT2D eigenvalue weighted by Crippen LogP contribution is 2.25. The summed E-state index contributed by atoms with van der Waals surface area (Å²) in [7, 11) is 0. The number of hydrogen-bond acceptors (Lipinski definition) is 3. The minimum Gasteiger partial charge on any atom is -0.349 e. The zero-order valence-corrected chi connectivity index (χ0v) is 16.3. The molecule has 144 valence electrons. The van der Waals surface area contributed by atoms with Crippen molar-refractivity contribution in [1.82, 2.24) is 14.4 Å². The van der Waals surface area contributed by atoms with Gasteiger partial charge in [0, 0.05) is 55.4 Å². The van der Waals surface area contributed by atoms with Crippen LogP contribution in [-0.4, -0.2) is 52.4 Å². The third-order valence-corrected chi connectivity index (χ3v) is 5.26. The number of anilines is 1. The summed E-state index contributed by atoms with van der Waals surface area (Å²) in [5, 5.41) is 2.94. The van der Waals surface area contributed by atoms with E-state index in [2.05, 4.69) is 34.0 Å². The number of hydrogen-bond donors (Lipinski definition) is 1. The predicted molar refractivity (Wildman–Crippen MR) is 107 cm³/mol. The minimum atomic E-state index is -0.0608. The van der Waals surface area contributed by atoms with Crippen molar-refractivity contribution in [2.24, 2.45) is 0 Å². The van der Waals surface area contributed by atoms with Crippen LogP contribution in [0.4, 0.5) is 5.69 Å². The van der Waals surface area contributed by atoms with Gasteiger partial charge in [0.25, 0.3) is 5.91 Å². The Bertz CT molecular complexity index is 810. The number of carbonyl (C=O) groups is 2. The monoisotopic (exact) mass is 368 g/mol. The Morgan fingerprint density at radius 1 is 1.15 bits per heavy atom. The molecule has 2 heterocycles. The van der Waals surface area contributed by atoms with Crippen LogP contribution in [0.2, 0.25) is 0 Å². The lowest BCUT2D eigenvalue weighted by molar-refractivity contribution is -0.118. The second-order valence-corrected chi connectivity index (χ2v) is 6.88. The van der Waals surface area contributed by atoms with Crippen LogP contribution < -0.4 is 5.32 Å². The van der Waals surface area contributed by atoms with Crippen molar-refractivity contribution >= 4 is 17.5 Å². The average Bonchev–Trinajstić information content (AvgIpc) is 3.15. The van der Waals surface area contributed by atoms with Crippen LogP contribution in [0.25, 0.3) is 0 Å². The van der Waals surface area contributed by atoms with Gasteiger partial charge in [-0.3, -0.25) is 14.5 Å². The molecule has 6 heteroatoms. The highest BCUT2D eigenvalue weighted by molar-refractivity contribution is 5.97. The predicted octanol–water partition coefficient (Wildman–Crippen LogP) is 2.99. The molecule has 1 aliphatic rings. The van der Waals surface area contributed by atoms with Gasteiger partial charge < -0.3 is 14.8 Å². The first kappa shape index (κ1) is 19.2. The highest BCUT2D eigenvalue weighted by atomic mass is 16.2. The van der Waals surface area contributed by atoms with E-state index in [1.54, 1.807) is 17.0 Å². The molecule has 0 aliphatic carbocycles. The third kappa shape index (κ3) is 4.22. The largest absolute Gasteiger partial charge is 0.349 e. The standard InChI is InChI=1S/C21H28N4O2/c1-4-23(5-2)21(27)17-8-6-9-18(14-17)22-20(26)15-25-13-12-24-11-7-10-19(24)16(25)3/h6-11,14,16H,4-5,12-13,15H2,1-3H3,(H,22,26)/t16-/m1/s1. The summed E-state index contributed by atoms with van der Waals surface area (Å²) in [4.78, 5) is 29.0. The van der Waals surface area contributed by atoms with Crippen LogP contribution in [0.3, 0.4) is 0 Å². The first-order chi connectivity index (χ1) is 13.0. The molecular formula is C21H28N4O2. The van der Waals surface area contributed by atoms with Crippen LogP contribution in [0.5, 0.6) is 0 Å². The summed E-state index contributed by atoms with van der Waals surface area (Å²) in [5.74, 6) is -0.0733. The van der Waals surface area contributed by atoms with Gasteiger partial charge in [-0.2, -0.15) is 0 Å². The molecule has 27 heavy (non-hydrogen) atoms. The first-order valence-corrected chi connectivity index (χ1v) is 9.61. The van der Waals surface area contributed by atoms with E-state index < -0.39 is 0 Å². The molecule has 1 aliphatic heterocycles. The number of amides is 2. The molecule has 2 amide bonds. The van der Waals surface area contributed by atoms with Crippen molar-refractivity contribution in [3.05, 3.63) is 53.9 Å². The number of fused-ring (bicyclic) bond motifs is 1. The maximum absolute atomic E-state index is 12.5. The molecular weight excluding hydrogens is 340 g/mol. The van der Waals surface area contributed by atoms with E-state index in [1.165, 1.54) is 5.69 Å². The van der Waals surface area contributed by atoms with Crippen LogP contribution >= 0.6 is 0 Å². The van der Waals surface area contributed by atoms with E-state index >= 15 is 0 Å². The number of aromatic nitrogens is 1. The van der Waals surface area contributed by atoms with Crippen molar-refractivity contribution in [1.29, 1.82) is 0 Å². The molecule has 3 rings (SSSR count). The molecule has 0 spiro atoms. The van der Waals surface area contributed by atoms with Crippen molar-refractivity contribution in [3.63, 3.8) is 0 Å². The quantitative estimate of drug-likeness (QED) is 0.853. The summed E-state index contributed by atoms with van der Waals surface area (Å²) >= 11 is 0. The van der Waals surface area contributed by atoms with Gasteiger partial charge in [0.05, 0.1) is 6.54 Å². The number of benzene rings is 1. The van der Waals surface area contributed by atoms with Crippen LogP contribution in [0.15, 0.2) is 42.6 Å². The number of carbonyl (C=O) groups excluding carboxylic acids is 2. The minimum absolute atomic E-state index is 0.0125. The van der Waals surface area contributed by atoms with Gasteiger partial charge in [-0.15, -0.1) is 0 Å². The molecule has 0 saturated carbocycles. The Balaban J connectivity index is 1.63. The maximum atomic E-state index is 12.5. The molecule has 0 fully saturated rings. The van der Waals surface area contributed by atoms with Gasteiger partial charge in [-0.1, -0.05) is 6.07 Å². The van der Waals surface area contributed by atoms with Gasteiger partial charge in [0.2, 0.25) is 5.91 Å². The molecule has 0 radical (unpaired) electrons. The van der Waals surface area contributed by atoms with E-state index in [4.69, 9.17) is 0 Å². The molecule has 6 nitrogen and oxygen atoms in total. The zero-order chi connectivity index (χ0) is 19.4. The molecule has 2 aromatic rings. The fourth-order valence-electron chi connectivity index (χ4n) is 3.65. The number of nitrogens with zero attached hydrogens (tertiary/aromatic N) is 3. The van der Waals surface area contributed by atoms with Gasteiger partial charge in [0.15, 0.2) is 0 Å². The van der Waals surface area contributed by atoms with Gasteiger partial charge in [-0.25, -0.2) is 0 Å². The van der Waals surface area contributed by atoms with Crippen molar-refractivity contribution in [2.75, 3.05) is 31.5 Å². The van der Waals surface area contributed by atoms with E-state index in [0.717, 1.165) is 13.1 Å². The second kappa shape index (κ2) is 8.39. The molecule has 1 N–H and O–H groups in total. The zero-order valence-electron chi connectivity index (χ0n) is 16.3. The highest BCUT2D eigenvalue weighted by Gasteiger charge is 2.25. The fraction of sp³-hybridized carbons (Fsp3) is 0.429. The molecule has 0 unspecified atom stereocenters. The lowest BCUT2D eigenvalue weighted by atomic mass is 10.1. The van der Waals surface area contributed by atoms with Gasteiger partial charge >= 0.3 is 0 Å². The normalized spacial score (nSPS) is 16.6. The lowest BCUT2D eigenvalue weighted by Crippen LogP contribution is -2.41. The average molecular weight is 368 g/mol. The van der Waals surface area contributed by atoms with E-state index in [9.17, 15) is 9.59 Å². The van der Waals surface area contributed by atoms with Gasteiger partial charge in [-0.05, 0) is 51.1 Å². The summed E-state index contributed by atoms with van der Waals surface area (Å²) in [6, 6.07) is 11.5. The first-order valence-electron chi connectivity index (χ1n) is 9.61. The Kier molecular flexibility index (Phi) is 5.96. The fourth-order valence-corrected chi connectivity index (χ4v) is 3.65. The topological polar surface area (TPSA) is 57.6 Å². The summed E-state index contributed by atoms with van der Waals surface area (Å²) in [5.41, 5.74) is 2.49. The van der Waals surface area contributed by atoms with Crippen molar-refractivity contribution in [2.45, 2.75) is 33.4 Å². The summed E-state index contributed by atoms with van der Waals surface area (Å²) < 4.78 is 2.24. The molecule has 0 saturated heterocycles. The summed E-state index contributed by atoms with van der Waals surface area (Å²) in [6.07, 6.45) is 2.08. The lowest BCUT2D eigenvalue weighted by Gasteiger charge is -2.34. The Morgan fingerprint density at radius 2 is 1.93 bits per heavy atom. The van der Waals surface area contributed by atoms with Crippen LogP contribution in [0, 0.1) is 0 Å². The van der Waals surface area contributed by atoms with Crippen molar-refractivity contribution < 1.29 is 9.59 Å². The van der Waals surface area contributed by atoms with E-state index in [-0.39, 0.29) is 17.9 Å². The van der Waals surface area contributed by atoms with Crippen LogP contribution in [-0.2, 0) is 11.3 Å². The van der Waals surface area contributed by atoms with E-state index in [1.807, 2.05) is 32.0 Å². The second-order valence-electron chi connectivity index (χ2n) is 6.88. The number of nitrogens with one attached hydrogen (secondary N) is 1. The Hall–Kier alpha value is -2.60. The molecule has 0 bridgehead atoms. The Labute approximate surface area is 160 Å². The molecule has 1 aromatic heterocycles. The number of rotatable bonds is 6. The Morgan fingerprint density at radius 3 is 2.67 bits per heavy atom. The summed E-state index contributed by atoms with van der Waals surface area (Å²) in [6.45, 7) is 9.46. The van der Waals surface area contributed by atoms with Crippen LogP contribution in [0.1, 0.15) is 42.9 Å². The molecule has 1 atom stereocenters. The van der Waals surface area contributed by atoms with E-state index in [0.29, 0.717) is 30.9 Å². The third-order valence-electron chi connectivity index (χ3n) is 5.26. The van der Waals surface area contributed by atoms with Gasteiger partial charge in [0.1, 0.15) is 0 Å². The maximum Gasteiger partial charge on any atom is 0.253 e. The SMILES string of the molecule is CCN(CC)C(=O)c1cccc(NC(=O)CN2CCn3cccc3[C@H]2C)c1.